The molecule has 0 fully saturated rings. The van der Waals surface area contributed by atoms with Gasteiger partial charge >= 0.3 is 0 Å². The molecule has 2 heterocycles. The van der Waals surface area contributed by atoms with E-state index in [4.69, 9.17) is 15.0 Å². The summed E-state index contributed by atoms with van der Waals surface area (Å²) >= 11 is 0. The molecule has 2 aliphatic rings. The maximum absolute atomic E-state index is 12.9. The number of aliphatic imine (C=N–C) groups is 1. The Kier molecular flexibility index (Phi) is 4.49. The van der Waals surface area contributed by atoms with E-state index >= 15 is 0 Å². The van der Waals surface area contributed by atoms with Crippen molar-refractivity contribution in [2.24, 2.45) is 4.99 Å². The van der Waals surface area contributed by atoms with E-state index in [1.807, 2.05) is 0 Å². The largest absolute Gasteiger partial charge is 0.489 e. The predicted octanol–water partition coefficient (Wildman–Crippen LogP) is 3.86. The lowest BCUT2D eigenvalue weighted by Gasteiger charge is -2.22. The number of amidine groups is 2. The van der Waals surface area contributed by atoms with E-state index in [0.29, 0.717) is 24.0 Å². The molecule has 1 N–H and O–H groups in total. The fraction of sp³-hybridized carbons (Fsp3) is 0.0952. The topological polar surface area (TPSA) is 75.0 Å². The monoisotopic (exact) mass is 377 g/mol. The zero-order chi connectivity index (χ0) is 19.7. The molecule has 6 nitrogen and oxygen atoms in total. The Hall–Kier alpha value is -3.74. The van der Waals surface area contributed by atoms with Gasteiger partial charge in [-0.1, -0.05) is 24.3 Å². The van der Waals surface area contributed by atoms with Crippen molar-refractivity contribution in [3.63, 3.8) is 0 Å². The van der Waals surface area contributed by atoms with Crippen molar-refractivity contribution in [2.45, 2.75) is 13.5 Å². The number of amides is 1. The molecule has 140 valence electrons. The van der Waals surface area contributed by atoms with Gasteiger partial charge in [0.2, 0.25) is 0 Å². The highest BCUT2D eigenvalue weighted by molar-refractivity contribution is 6.32. The lowest BCUT2D eigenvalue weighted by Crippen LogP contribution is -2.38. The lowest BCUT2D eigenvalue weighted by molar-refractivity contribution is -0.114. The van der Waals surface area contributed by atoms with Crippen molar-refractivity contribution in [1.29, 1.82) is 5.41 Å². The predicted molar refractivity (Wildman–Crippen MR) is 102 cm³/mol. The number of rotatable bonds is 4. The first-order valence-electron chi connectivity index (χ1n) is 8.57. The number of nitrogens with one attached hydrogen (secondary N) is 1. The summed E-state index contributed by atoms with van der Waals surface area (Å²) in [6.45, 7) is 2.05. The van der Waals surface area contributed by atoms with Gasteiger partial charge in [0.1, 0.15) is 23.9 Å². The van der Waals surface area contributed by atoms with Crippen LogP contribution in [0.2, 0.25) is 0 Å². The number of nitrogens with zero attached hydrogens (tertiary/aromatic N) is 2. The molecule has 2 aromatic carbocycles. The van der Waals surface area contributed by atoms with Crippen molar-refractivity contribution in [1.82, 2.24) is 5.06 Å². The fourth-order valence-electron chi connectivity index (χ4n) is 2.77. The van der Waals surface area contributed by atoms with Gasteiger partial charge in [-0.05, 0) is 48.4 Å². The molecule has 2 aliphatic heterocycles. The summed E-state index contributed by atoms with van der Waals surface area (Å²) < 4.78 is 18.6. The van der Waals surface area contributed by atoms with E-state index in [1.165, 1.54) is 17.2 Å². The second-order valence-corrected chi connectivity index (χ2v) is 6.31. The van der Waals surface area contributed by atoms with Crippen LogP contribution < -0.4 is 4.74 Å². The number of carbonyl (C=O) groups excluding carboxylic acids is 1. The molecule has 0 bridgehead atoms. The molecular formula is C21H16FN3O3. The Labute approximate surface area is 160 Å². The molecule has 0 saturated carbocycles. The Bertz CT molecular complexity index is 1040. The fourth-order valence-corrected chi connectivity index (χ4v) is 2.77. The van der Waals surface area contributed by atoms with Crippen molar-refractivity contribution >= 4 is 23.7 Å². The van der Waals surface area contributed by atoms with Crippen molar-refractivity contribution in [3.05, 3.63) is 82.9 Å². The van der Waals surface area contributed by atoms with E-state index in [1.54, 1.807) is 55.5 Å². The van der Waals surface area contributed by atoms with Gasteiger partial charge in [0.15, 0.2) is 11.7 Å². The normalized spacial score (nSPS) is 17.2. The molecule has 28 heavy (non-hydrogen) atoms. The first-order valence-corrected chi connectivity index (χ1v) is 8.57. The SMILES string of the molecule is CC1=CC2=NC(=O)/C(=C/c3ccc(OCc4ccc(F)cc4)cc3)C(=N)N2O1. The van der Waals surface area contributed by atoms with Gasteiger partial charge in [-0.25, -0.2) is 4.39 Å². The molecule has 0 aliphatic carbocycles. The molecule has 0 unspecified atom stereocenters. The summed E-state index contributed by atoms with van der Waals surface area (Å²) in [4.78, 5) is 21.6. The molecule has 0 saturated heterocycles. The average Bonchev–Trinajstić information content (AvgIpc) is 3.06. The van der Waals surface area contributed by atoms with Gasteiger partial charge < -0.3 is 9.57 Å². The first-order chi connectivity index (χ1) is 13.5. The van der Waals surface area contributed by atoms with Gasteiger partial charge in [0.05, 0.1) is 5.57 Å². The molecule has 7 heteroatoms. The van der Waals surface area contributed by atoms with Crippen LogP contribution in [-0.2, 0) is 16.2 Å². The Morgan fingerprint density at radius 1 is 1.18 bits per heavy atom. The summed E-state index contributed by atoms with van der Waals surface area (Å²) in [5.74, 6) is 0.696. The summed E-state index contributed by atoms with van der Waals surface area (Å²) in [6.07, 6.45) is 3.20. The summed E-state index contributed by atoms with van der Waals surface area (Å²) in [7, 11) is 0. The van der Waals surface area contributed by atoms with Crippen molar-refractivity contribution in [3.8, 4) is 5.75 Å². The van der Waals surface area contributed by atoms with Crippen LogP contribution in [0.1, 0.15) is 18.1 Å². The molecular weight excluding hydrogens is 361 g/mol. The third-order valence-electron chi connectivity index (χ3n) is 4.19. The number of halogens is 1. The highest BCUT2D eigenvalue weighted by atomic mass is 19.1. The third-order valence-corrected chi connectivity index (χ3v) is 4.19. The number of carbonyl (C=O) groups is 1. The van der Waals surface area contributed by atoms with E-state index in [9.17, 15) is 9.18 Å². The van der Waals surface area contributed by atoms with Gasteiger partial charge in [-0.15, -0.1) is 5.06 Å². The second-order valence-electron chi connectivity index (χ2n) is 6.31. The Morgan fingerprint density at radius 3 is 2.61 bits per heavy atom. The zero-order valence-corrected chi connectivity index (χ0v) is 15.0. The first kappa shape index (κ1) is 17.7. The molecule has 1 amide bonds. The number of benzene rings is 2. The van der Waals surface area contributed by atoms with E-state index in [0.717, 1.165) is 11.1 Å². The Balaban J connectivity index is 1.46. The van der Waals surface area contributed by atoms with Gasteiger partial charge in [0, 0.05) is 6.08 Å². The van der Waals surface area contributed by atoms with Crippen molar-refractivity contribution < 1.29 is 18.8 Å². The average molecular weight is 377 g/mol. The minimum Gasteiger partial charge on any atom is -0.489 e. The number of hydroxylamine groups is 2. The third kappa shape index (κ3) is 3.55. The standard InChI is InChI=1S/C21H16FN3O3/c1-13-10-19-24-21(26)18(20(23)25(19)28-13)11-14-4-8-17(9-5-14)27-12-15-2-6-16(22)7-3-15/h2-11,23H,12H2,1H3/b18-11+,23-20?. The van der Waals surface area contributed by atoms with Crippen LogP contribution in [0, 0.1) is 11.2 Å². The van der Waals surface area contributed by atoms with Crippen LogP contribution in [-0.4, -0.2) is 22.6 Å². The summed E-state index contributed by atoms with van der Waals surface area (Å²) in [6, 6.07) is 13.2. The maximum Gasteiger partial charge on any atom is 0.282 e. The van der Waals surface area contributed by atoms with Crippen molar-refractivity contribution in [2.75, 3.05) is 0 Å². The number of fused-ring (bicyclic) bond motifs is 1. The summed E-state index contributed by atoms with van der Waals surface area (Å²) in [5.41, 5.74) is 1.73. The van der Waals surface area contributed by atoms with E-state index in [-0.39, 0.29) is 17.2 Å². The smallest absolute Gasteiger partial charge is 0.282 e. The van der Waals surface area contributed by atoms with Gasteiger partial charge in [0.25, 0.3) is 5.91 Å². The highest BCUT2D eigenvalue weighted by Gasteiger charge is 2.34. The van der Waals surface area contributed by atoms with Gasteiger partial charge in [-0.3, -0.25) is 10.2 Å². The Morgan fingerprint density at radius 2 is 1.89 bits per heavy atom. The lowest BCUT2D eigenvalue weighted by atomic mass is 10.1. The molecule has 0 aromatic heterocycles. The minimum atomic E-state index is -0.484. The van der Waals surface area contributed by atoms with Gasteiger partial charge in [-0.2, -0.15) is 4.99 Å². The molecule has 2 aromatic rings. The quantitative estimate of drug-likeness (QED) is 0.821. The number of ether oxygens (including phenoxy) is 1. The zero-order valence-electron chi connectivity index (χ0n) is 15.0. The maximum atomic E-state index is 12.9. The molecule has 0 atom stereocenters. The van der Waals surface area contributed by atoms with Crippen LogP contribution in [0.3, 0.4) is 0 Å². The minimum absolute atomic E-state index is 0.0558. The number of hydrogen-bond acceptors (Lipinski definition) is 4. The molecule has 0 radical (unpaired) electrons. The van der Waals surface area contributed by atoms with Crippen LogP contribution in [0.25, 0.3) is 6.08 Å². The molecule has 4 rings (SSSR count). The van der Waals surface area contributed by atoms with Crippen LogP contribution in [0.5, 0.6) is 5.75 Å². The van der Waals surface area contributed by atoms with E-state index < -0.39 is 5.91 Å². The number of hydrogen-bond donors (Lipinski definition) is 1. The molecule has 0 spiro atoms. The summed E-state index contributed by atoms with van der Waals surface area (Å²) in [5, 5.41) is 9.43. The van der Waals surface area contributed by atoms with Crippen LogP contribution in [0.15, 0.2) is 70.9 Å². The highest BCUT2D eigenvalue weighted by Crippen LogP contribution is 2.24. The van der Waals surface area contributed by atoms with E-state index in [2.05, 4.69) is 4.99 Å². The number of allylic oxidation sites excluding steroid dienone is 1. The van der Waals surface area contributed by atoms with Crippen LogP contribution >= 0.6 is 0 Å². The second kappa shape index (κ2) is 7.11. The van der Waals surface area contributed by atoms with Crippen LogP contribution in [0.4, 0.5) is 4.39 Å².